The smallest absolute Gasteiger partial charge is 0.397 e. The van der Waals surface area contributed by atoms with Gasteiger partial charge in [0.2, 0.25) is 0 Å². The maximum atomic E-state index is 12.6. The Hall–Kier alpha value is -1.56. The van der Waals surface area contributed by atoms with E-state index in [1.807, 2.05) is 0 Å². The number of halogens is 7. The maximum absolute atomic E-state index is 12.6. The van der Waals surface area contributed by atoms with Gasteiger partial charge in [-0.05, 0) is 22.0 Å². The van der Waals surface area contributed by atoms with E-state index in [1.54, 1.807) is 5.32 Å². The van der Waals surface area contributed by atoms with Gasteiger partial charge in [-0.2, -0.15) is 26.3 Å². The average Bonchev–Trinajstić information content (AvgIpc) is 2.35. The van der Waals surface area contributed by atoms with Gasteiger partial charge in [0.1, 0.15) is 4.60 Å². The van der Waals surface area contributed by atoms with E-state index in [2.05, 4.69) is 20.9 Å². The Labute approximate surface area is 127 Å². The predicted molar refractivity (Wildman–Crippen MR) is 65.7 cm³/mol. The van der Waals surface area contributed by atoms with Crippen LogP contribution in [0.15, 0.2) is 10.7 Å². The lowest BCUT2D eigenvalue weighted by Gasteiger charge is -2.16. The van der Waals surface area contributed by atoms with Crippen LogP contribution in [0, 0.1) is 0 Å². The summed E-state index contributed by atoms with van der Waals surface area (Å²) in [5.74, 6) is -1.25. The third kappa shape index (κ3) is 4.47. The molecule has 0 radical (unpaired) electrons. The molecule has 1 atom stereocenters. The molecule has 0 aliphatic carbocycles. The standard InChI is InChI=1S/C10H8BrF6N3O2/c11-7-3(9(12,13)14)1-4(18)6(20-7)8(22)19-2-5(21)10(15,16)17/h1,5,21H,2,18H2,(H,19,22)/t5-/m0/s1. The molecule has 0 bridgehead atoms. The minimum absolute atomic E-state index is 0.423. The van der Waals surface area contributed by atoms with Crippen LogP contribution in [0.25, 0.3) is 0 Å². The number of nitrogens with two attached hydrogens (primary N) is 1. The molecule has 124 valence electrons. The lowest BCUT2D eigenvalue weighted by molar-refractivity contribution is -0.201. The lowest BCUT2D eigenvalue weighted by Crippen LogP contribution is -2.41. The first-order valence-corrected chi connectivity index (χ1v) is 6.19. The highest BCUT2D eigenvalue weighted by atomic mass is 79.9. The Morgan fingerprint density at radius 1 is 1.36 bits per heavy atom. The number of hydrogen-bond donors (Lipinski definition) is 3. The van der Waals surface area contributed by atoms with Crippen LogP contribution < -0.4 is 11.1 Å². The first-order chi connectivity index (χ1) is 9.84. The van der Waals surface area contributed by atoms with Crippen LogP contribution in [-0.2, 0) is 6.18 Å². The monoisotopic (exact) mass is 395 g/mol. The lowest BCUT2D eigenvalue weighted by atomic mass is 10.2. The second-order valence-corrected chi connectivity index (χ2v) is 4.78. The Kier molecular flexibility index (Phi) is 5.28. The van der Waals surface area contributed by atoms with E-state index >= 15 is 0 Å². The summed E-state index contributed by atoms with van der Waals surface area (Å²) in [6.45, 7) is -1.19. The van der Waals surface area contributed by atoms with Crippen molar-refractivity contribution in [3.8, 4) is 0 Å². The average molecular weight is 396 g/mol. The number of amides is 1. The summed E-state index contributed by atoms with van der Waals surface area (Å²) < 4.78 is 73.1. The Morgan fingerprint density at radius 2 is 1.91 bits per heavy atom. The summed E-state index contributed by atoms with van der Waals surface area (Å²) >= 11 is 2.50. The number of aliphatic hydroxyl groups is 1. The Bertz CT molecular complexity index is 575. The van der Waals surface area contributed by atoms with E-state index in [-0.39, 0.29) is 0 Å². The number of rotatable bonds is 3. The summed E-state index contributed by atoms with van der Waals surface area (Å²) in [5, 5.41) is 10.4. The zero-order chi connectivity index (χ0) is 17.3. The number of alkyl halides is 6. The van der Waals surface area contributed by atoms with Crippen molar-refractivity contribution >= 4 is 27.5 Å². The molecule has 0 unspecified atom stereocenters. The van der Waals surface area contributed by atoms with Gasteiger partial charge in [0.15, 0.2) is 11.8 Å². The van der Waals surface area contributed by atoms with E-state index in [9.17, 15) is 31.1 Å². The molecule has 1 aromatic rings. The molecule has 1 amide bonds. The second kappa shape index (κ2) is 6.28. The van der Waals surface area contributed by atoms with Gasteiger partial charge in [0, 0.05) is 0 Å². The third-order valence-electron chi connectivity index (χ3n) is 2.36. The van der Waals surface area contributed by atoms with E-state index in [0.717, 1.165) is 0 Å². The largest absolute Gasteiger partial charge is 0.419 e. The van der Waals surface area contributed by atoms with Crippen LogP contribution >= 0.6 is 15.9 Å². The fourth-order valence-electron chi connectivity index (χ4n) is 1.28. The molecule has 1 aromatic heterocycles. The van der Waals surface area contributed by atoms with Gasteiger partial charge >= 0.3 is 12.4 Å². The number of aromatic nitrogens is 1. The third-order valence-corrected chi connectivity index (χ3v) is 2.96. The second-order valence-electron chi connectivity index (χ2n) is 4.03. The minimum Gasteiger partial charge on any atom is -0.397 e. The summed E-state index contributed by atoms with van der Waals surface area (Å²) in [7, 11) is 0. The van der Waals surface area contributed by atoms with Gasteiger partial charge in [0.25, 0.3) is 5.91 Å². The molecule has 1 rings (SSSR count). The van der Waals surface area contributed by atoms with Crippen molar-refractivity contribution in [1.29, 1.82) is 0 Å². The Morgan fingerprint density at radius 3 is 2.36 bits per heavy atom. The summed E-state index contributed by atoms with van der Waals surface area (Å²) in [6, 6.07) is 0.423. The van der Waals surface area contributed by atoms with Crippen LogP contribution in [0.4, 0.5) is 32.0 Å². The molecule has 0 aromatic carbocycles. The molecule has 5 nitrogen and oxygen atoms in total. The van der Waals surface area contributed by atoms with E-state index in [1.165, 1.54) is 0 Å². The quantitative estimate of drug-likeness (QED) is 0.540. The number of aliphatic hydroxyl groups excluding tert-OH is 1. The minimum atomic E-state index is -4.95. The highest BCUT2D eigenvalue weighted by Gasteiger charge is 2.39. The molecule has 22 heavy (non-hydrogen) atoms. The predicted octanol–water partition coefficient (Wildman–Crippen LogP) is 2.10. The normalized spacial score (nSPS) is 13.8. The van der Waals surface area contributed by atoms with Gasteiger partial charge in [-0.25, -0.2) is 4.98 Å². The van der Waals surface area contributed by atoms with Crippen LogP contribution in [0.3, 0.4) is 0 Å². The SMILES string of the molecule is Nc1cc(C(F)(F)F)c(Br)nc1C(=O)NC[C@H](O)C(F)(F)F. The first kappa shape index (κ1) is 18.5. The van der Waals surface area contributed by atoms with Crippen LogP contribution in [-0.4, -0.2) is 34.8 Å². The van der Waals surface area contributed by atoms with Crippen molar-refractivity contribution in [2.45, 2.75) is 18.5 Å². The van der Waals surface area contributed by atoms with Crippen LogP contribution in [0.5, 0.6) is 0 Å². The zero-order valence-corrected chi connectivity index (χ0v) is 12.0. The first-order valence-electron chi connectivity index (χ1n) is 5.40. The topological polar surface area (TPSA) is 88.2 Å². The van der Waals surface area contributed by atoms with E-state index < -0.39 is 52.5 Å². The number of carbonyl (C=O) groups excluding carboxylic acids is 1. The summed E-state index contributed by atoms with van der Waals surface area (Å²) in [6.07, 6.45) is -12.6. The molecule has 12 heteroatoms. The molecule has 0 aliphatic heterocycles. The molecule has 0 saturated heterocycles. The number of nitrogens with zero attached hydrogens (tertiary/aromatic N) is 1. The van der Waals surface area contributed by atoms with E-state index in [4.69, 9.17) is 10.8 Å². The number of nitrogen functional groups attached to an aromatic ring is 1. The molecular weight excluding hydrogens is 388 g/mol. The number of pyridine rings is 1. The molecule has 4 N–H and O–H groups in total. The molecule has 1 heterocycles. The molecular formula is C10H8BrF6N3O2. The fraction of sp³-hybridized carbons (Fsp3) is 0.400. The molecule has 0 spiro atoms. The zero-order valence-electron chi connectivity index (χ0n) is 10.4. The van der Waals surface area contributed by atoms with Gasteiger partial charge in [-0.15, -0.1) is 0 Å². The van der Waals surface area contributed by atoms with Crippen molar-refractivity contribution in [3.63, 3.8) is 0 Å². The number of hydrogen-bond acceptors (Lipinski definition) is 4. The number of nitrogens with one attached hydrogen (secondary N) is 1. The fourth-order valence-corrected chi connectivity index (χ4v) is 1.79. The van der Waals surface area contributed by atoms with Crippen molar-refractivity contribution in [2.75, 3.05) is 12.3 Å². The molecule has 0 saturated carbocycles. The van der Waals surface area contributed by atoms with Crippen molar-refractivity contribution in [2.24, 2.45) is 0 Å². The van der Waals surface area contributed by atoms with Crippen molar-refractivity contribution in [3.05, 3.63) is 21.9 Å². The van der Waals surface area contributed by atoms with Gasteiger partial charge in [0.05, 0.1) is 17.8 Å². The van der Waals surface area contributed by atoms with Crippen molar-refractivity contribution < 1.29 is 36.2 Å². The van der Waals surface area contributed by atoms with Gasteiger partial charge in [-0.1, -0.05) is 0 Å². The van der Waals surface area contributed by atoms with Crippen molar-refractivity contribution in [1.82, 2.24) is 10.3 Å². The summed E-state index contributed by atoms with van der Waals surface area (Å²) in [5.41, 5.74) is 2.64. The maximum Gasteiger partial charge on any atom is 0.419 e. The van der Waals surface area contributed by atoms with Crippen LogP contribution in [0.2, 0.25) is 0 Å². The van der Waals surface area contributed by atoms with Gasteiger partial charge in [-0.3, -0.25) is 4.79 Å². The highest BCUT2D eigenvalue weighted by Crippen LogP contribution is 2.35. The number of anilines is 1. The molecule has 0 fully saturated rings. The number of carbonyl (C=O) groups is 1. The highest BCUT2D eigenvalue weighted by molar-refractivity contribution is 9.10. The molecule has 0 aliphatic rings. The van der Waals surface area contributed by atoms with E-state index in [0.29, 0.717) is 6.07 Å². The summed E-state index contributed by atoms with van der Waals surface area (Å²) in [4.78, 5) is 14.9. The Balaban J connectivity index is 2.94. The van der Waals surface area contributed by atoms with Crippen LogP contribution in [0.1, 0.15) is 16.1 Å². The van der Waals surface area contributed by atoms with Gasteiger partial charge < -0.3 is 16.2 Å².